The molecule has 1 atom stereocenters. The highest BCUT2D eigenvalue weighted by Crippen LogP contribution is 2.19. The first-order valence-electron chi connectivity index (χ1n) is 5.64. The third-order valence-electron chi connectivity index (χ3n) is 2.53. The molecule has 0 radical (unpaired) electrons. The molecule has 1 rings (SSSR count). The molecular formula is C13H18INO3. The predicted octanol–water partition coefficient (Wildman–Crippen LogP) is 2.07. The number of aryl methyl sites for hydroxylation is 1. The Hall–Kier alpha value is -0.820. The van der Waals surface area contributed by atoms with Gasteiger partial charge in [-0.2, -0.15) is 0 Å². The molecule has 0 spiro atoms. The average Bonchev–Trinajstić information content (AvgIpc) is 2.38. The first-order valence-corrected chi connectivity index (χ1v) is 6.89. The van der Waals surface area contributed by atoms with Gasteiger partial charge in [-0.3, -0.25) is 4.79 Å². The molecule has 0 aliphatic carbocycles. The SMILES string of the molecule is COC(=O)C(I)CNCc1cc(C)ccc1OC. The molecule has 0 aliphatic heterocycles. The summed E-state index contributed by atoms with van der Waals surface area (Å²) < 4.78 is 9.78. The van der Waals surface area contributed by atoms with Crippen LogP contribution in [0.15, 0.2) is 18.2 Å². The van der Waals surface area contributed by atoms with Gasteiger partial charge in [0.05, 0.1) is 14.2 Å². The highest BCUT2D eigenvalue weighted by atomic mass is 127. The van der Waals surface area contributed by atoms with Crippen molar-refractivity contribution < 1.29 is 14.3 Å². The third-order valence-corrected chi connectivity index (χ3v) is 3.48. The second-order valence-corrected chi connectivity index (χ2v) is 5.44. The molecular weight excluding hydrogens is 345 g/mol. The number of halogens is 1. The fourth-order valence-corrected chi connectivity index (χ4v) is 2.16. The van der Waals surface area contributed by atoms with E-state index >= 15 is 0 Å². The van der Waals surface area contributed by atoms with Crippen LogP contribution in [0.25, 0.3) is 0 Å². The zero-order valence-corrected chi connectivity index (χ0v) is 13.0. The van der Waals surface area contributed by atoms with E-state index in [2.05, 4.69) is 38.7 Å². The summed E-state index contributed by atoms with van der Waals surface area (Å²) in [4.78, 5) is 11.2. The largest absolute Gasteiger partial charge is 0.496 e. The number of nitrogens with one attached hydrogen (secondary N) is 1. The summed E-state index contributed by atoms with van der Waals surface area (Å²) in [5.41, 5.74) is 2.28. The second-order valence-electron chi connectivity index (χ2n) is 3.94. The van der Waals surface area contributed by atoms with Crippen LogP contribution < -0.4 is 10.1 Å². The van der Waals surface area contributed by atoms with Gasteiger partial charge in [-0.15, -0.1) is 0 Å². The normalized spacial score (nSPS) is 12.0. The number of esters is 1. The summed E-state index contributed by atoms with van der Waals surface area (Å²) in [5, 5.41) is 3.23. The van der Waals surface area contributed by atoms with Crippen molar-refractivity contribution in [1.82, 2.24) is 5.32 Å². The van der Waals surface area contributed by atoms with Gasteiger partial charge in [-0.1, -0.05) is 40.3 Å². The molecule has 0 saturated heterocycles. The lowest BCUT2D eigenvalue weighted by Gasteiger charge is -2.12. The first-order chi connectivity index (χ1) is 8.58. The van der Waals surface area contributed by atoms with Gasteiger partial charge < -0.3 is 14.8 Å². The van der Waals surface area contributed by atoms with Crippen LogP contribution in [0.3, 0.4) is 0 Å². The molecule has 1 aromatic rings. The van der Waals surface area contributed by atoms with E-state index in [1.807, 2.05) is 19.1 Å². The molecule has 5 heteroatoms. The monoisotopic (exact) mass is 363 g/mol. The van der Waals surface area contributed by atoms with Gasteiger partial charge in [0.15, 0.2) is 0 Å². The summed E-state index contributed by atoms with van der Waals surface area (Å²) in [7, 11) is 3.06. The Balaban J connectivity index is 2.53. The van der Waals surface area contributed by atoms with Crippen molar-refractivity contribution in [3.05, 3.63) is 29.3 Å². The quantitative estimate of drug-likeness (QED) is 0.478. The molecule has 100 valence electrons. The Morgan fingerprint density at radius 1 is 1.44 bits per heavy atom. The lowest BCUT2D eigenvalue weighted by atomic mass is 10.1. The zero-order chi connectivity index (χ0) is 13.5. The van der Waals surface area contributed by atoms with E-state index in [0.717, 1.165) is 11.3 Å². The van der Waals surface area contributed by atoms with Crippen LogP contribution in [0.1, 0.15) is 11.1 Å². The molecule has 1 aromatic carbocycles. The van der Waals surface area contributed by atoms with Gasteiger partial charge in [-0.05, 0) is 13.0 Å². The van der Waals surface area contributed by atoms with Gasteiger partial charge in [0.25, 0.3) is 0 Å². The maximum absolute atomic E-state index is 11.2. The Labute approximate surface area is 121 Å². The number of carbonyl (C=O) groups is 1. The molecule has 0 heterocycles. The lowest BCUT2D eigenvalue weighted by Crippen LogP contribution is -2.29. The highest BCUT2D eigenvalue weighted by Gasteiger charge is 2.14. The molecule has 0 saturated carbocycles. The molecule has 4 nitrogen and oxygen atoms in total. The molecule has 0 aromatic heterocycles. The Morgan fingerprint density at radius 2 is 2.17 bits per heavy atom. The number of ether oxygens (including phenoxy) is 2. The van der Waals surface area contributed by atoms with E-state index in [4.69, 9.17) is 4.74 Å². The maximum atomic E-state index is 11.2. The van der Waals surface area contributed by atoms with Gasteiger partial charge in [0.2, 0.25) is 0 Å². The van der Waals surface area contributed by atoms with Crippen LogP contribution in [0.4, 0.5) is 0 Å². The predicted molar refractivity (Wildman–Crippen MR) is 79.3 cm³/mol. The number of carbonyl (C=O) groups excluding carboxylic acids is 1. The summed E-state index contributed by atoms with van der Waals surface area (Å²) in [6.07, 6.45) is 0. The van der Waals surface area contributed by atoms with E-state index in [-0.39, 0.29) is 9.89 Å². The Kier molecular flexibility index (Phi) is 6.42. The van der Waals surface area contributed by atoms with E-state index in [1.54, 1.807) is 7.11 Å². The van der Waals surface area contributed by atoms with Crippen molar-refractivity contribution >= 4 is 28.6 Å². The van der Waals surface area contributed by atoms with Crippen LogP contribution >= 0.6 is 22.6 Å². The van der Waals surface area contributed by atoms with Crippen LogP contribution in [0, 0.1) is 6.92 Å². The molecule has 0 amide bonds. The summed E-state index contributed by atoms with van der Waals surface area (Å²) in [6.45, 7) is 3.28. The number of rotatable bonds is 6. The van der Waals surface area contributed by atoms with Crippen molar-refractivity contribution in [2.45, 2.75) is 17.4 Å². The summed E-state index contributed by atoms with van der Waals surface area (Å²) >= 11 is 2.07. The fourth-order valence-electron chi connectivity index (χ4n) is 1.59. The minimum atomic E-state index is -0.209. The molecule has 1 unspecified atom stereocenters. The van der Waals surface area contributed by atoms with Crippen molar-refractivity contribution in [2.75, 3.05) is 20.8 Å². The van der Waals surface area contributed by atoms with Crippen molar-refractivity contribution in [3.63, 3.8) is 0 Å². The van der Waals surface area contributed by atoms with Crippen molar-refractivity contribution in [3.8, 4) is 5.75 Å². The third kappa shape index (κ3) is 4.45. The molecule has 0 bridgehead atoms. The minimum absolute atomic E-state index is 0.177. The average molecular weight is 363 g/mol. The lowest BCUT2D eigenvalue weighted by molar-refractivity contribution is -0.139. The van der Waals surface area contributed by atoms with E-state index in [1.165, 1.54) is 12.7 Å². The second kappa shape index (κ2) is 7.58. The summed E-state index contributed by atoms with van der Waals surface area (Å²) in [5.74, 6) is 0.649. The van der Waals surface area contributed by atoms with Crippen LogP contribution in [0.2, 0.25) is 0 Å². The number of methoxy groups -OCH3 is 2. The minimum Gasteiger partial charge on any atom is -0.496 e. The van der Waals surface area contributed by atoms with Crippen LogP contribution in [-0.2, 0) is 16.1 Å². The van der Waals surface area contributed by atoms with Crippen molar-refractivity contribution in [2.24, 2.45) is 0 Å². The number of benzene rings is 1. The fraction of sp³-hybridized carbons (Fsp3) is 0.462. The van der Waals surface area contributed by atoms with Crippen LogP contribution in [-0.4, -0.2) is 30.7 Å². The Morgan fingerprint density at radius 3 is 2.78 bits per heavy atom. The van der Waals surface area contributed by atoms with Gasteiger partial charge >= 0.3 is 5.97 Å². The zero-order valence-electron chi connectivity index (χ0n) is 10.8. The van der Waals surface area contributed by atoms with Gasteiger partial charge in [0.1, 0.15) is 9.67 Å². The smallest absolute Gasteiger partial charge is 0.319 e. The molecule has 0 fully saturated rings. The van der Waals surface area contributed by atoms with Gasteiger partial charge in [0, 0.05) is 18.7 Å². The summed E-state index contributed by atoms with van der Waals surface area (Å²) in [6, 6.07) is 6.04. The first kappa shape index (κ1) is 15.2. The standard InChI is InChI=1S/C13H18INO3/c1-9-4-5-12(17-2)10(6-9)7-15-8-11(14)13(16)18-3/h4-6,11,15H,7-8H2,1-3H3. The Bertz CT molecular complexity index is 409. The highest BCUT2D eigenvalue weighted by molar-refractivity contribution is 14.1. The number of hydrogen-bond acceptors (Lipinski definition) is 4. The van der Waals surface area contributed by atoms with E-state index in [9.17, 15) is 4.79 Å². The number of alkyl halides is 1. The molecule has 0 aliphatic rings. The maximum Gasteiger partial charge on any atom is 0.319 e. The topological polar surface area (TPSA) is 47.6 Å². The van der Waals surface area contributed by atoms with Crippen molar-refractivity contribution in [1.29, 1.82) is 0 Å². The van der Waals surface area contributed by atoms with E-state index < -0.39 is 0 Å². The van der Waals surface area contributed by atoms with Crippen LogP contribution in [0.5, 0.6) is 5.75 Å². The molecule has 18 heavy (non-hydrogen) atoms. The van der Waals surface area contributed by atoms with Gasteiger partial charge in [-0.25, -0.2) is 0 Å². The van der Waals surface area contributed by atoms with E-state index in [0.29, 0.717) is 13.1 Å². The molecule has 1 N–H and O–H groups in total. The number of hydrogen-bond donors (Lipinski definition) is 1.